The quantitative estimate of drug-likeness (QED) is 0.559. The summed E-state index contributed by atoms with van der Waals surface area (Å²) in [5.74, 6) is 0.307. The van der Waals surface area contributed by atoms with E-state index in [1.54, 1.807) is 42.1 Å². The summed E-state index contributed by atoms with van der Waals surface area (Å²) in [5, 5.41) is 4.18. The highest BCUT2D eigenvalue weighted by Crippen LogP contribution is 2.18. The number of hydrogen-bond acceptors (Lipinski definition) is 5. The van der Waals surface area contributed by atoms with Crippen molar-refractivity contribution in [1.29, 1.82) is 0 Å². The molecule has 0 bridgehead atoms. The Labute approximate surface area is 174 Å². The van der Waals surface area contributed by atoms with Crippen LogP contribution in [0.2, 0.25) is 0 Å². The molecule has 0 spiro atoms. The molecule has 0 aliphatic rings. The highest BCUT2D eigenvalue weighted by atomic mass is 16.5. The third-order valence-corrected chi connectivity index (χ3v) is 4.20. The van der Waals surface area contributed by atoms with Gasteiger partial charge in [-0.25, -0.2) is 0 Å². The van der Waals surface area contributed by atoms with Gasteiger partial charge in [0.1, 0.15) is 11.5 Å². The monoisotopic (exact) mass is 408 g/mol. The molecule has 2 amide bonds. The fraction of sp³-hybridized carbons (Fsp3) is 0.227. The number of nitrogens with one attached hydrogen (secondary N) is 2. The molecule has 1 unspecified atom stereocenters. The first kappa shape index (κ1) is 20.9. The maximum Gasteiger partial charge on any atom is 0.279 e. The van der Waals surface area contributed by atoms with E-state index < -0.39 is 17.9 Å². The number of ether oxygens (including phenoxy) is 2. The number of hydrazine groups is 1. The van der Waals surface area contributed by atoms with Crippen molar-refractivity contribution < 1.29 is 19.1 Å². The van der Waals surface area contributed by atoms with Crippen LogP contribution in [0.4, 0.5) is 0 Å². The van der Waals surface area contributed by atoms with Crippen LogP contribution < -0.4 is 20.3 Å². The Hall–Kier alpha value is -3.81. The Kier molecular flexibility index (Phi) is 7.05. The minimum absolute atomic E-state index is 0.339. The normalized spacial score (nSPS) is 11.4. The van der Waals surface area contributed by atoms with Gasteiger partial charge in [-0.3, -0.25) is 25.1 Å². The zero-order chi connectivity index (χ0) is 21.3. The van der Waals surface area contributed by atoms with Crippen LogP contribution in [0.5, 0.6) is 11.5 Å². The Balaban J connectivity index is 1.47. The number of aromatic nitrogens is 2. The van der Waals surface area contributed by atoms with Gasteiger partial charge < -0.3 is 9.47 Å². The fourth-order valence-corrected chi connectivity index (χ4v) is 2.67. The molecule has 0 aliphatic carbocycles. The van der Waals surface area contributed by atoms with Gasteiger partial charge in [0.05, 0.1) is 24.9 Å². The smallest absolute Gasteiger partial charge is 0.279 e. The van der Waals surface area contributed by atoms with Gasteiger partial charge in [-0.15, -0.1) is 0 Å². The van der Waals surface area contributed by atoms with E-state index in [-0.39, 0.29) is 0 Å². The van der Waals surface area contributed by atoms with Gasteiger partial charge in [-0.1, -0.05) is 30.3 Å². The molecular formula is C22H24N4O4. The molecular weight excluding hydrogens is 384 g/mol. The molecule has 2 N–H and O–H groups in total. The Bertz CT molecular complexity index is 970. The number of hydrogen-bond donors (Lipinski definition) is 2. The molecule has 0 fully saturated rings. The van der Waals surface area contributed by atoms with Crippen LogP contribution in [0.3, 0.4) is 0 Å². The van der Waals surface area contributed by atoms with E-state index in [9.17, 15) is 9.59 Å². The topological polar surface area (TPSA) is 94.5 Å². The van der Waals surface area contributed by atoms with E-state index in [2.05, 4.69) is 16.0 Å². The summed E-state index contributed by atoms with van der Waals surface area (Å²) in [5.41, 5.74) is 6.15. The summed E-state index contributed by atoms with van der Waals surface area (Å²) in [7, 11) is 0. The van der Waals surface area contributed by atoms with Crippen LogP contribution >= 0.6 is 0 Å². The van der Waals surface area contributed by atoms with Crippen molar-refractivity contribution in [3.63, 3.8) is 0 Å². The Morgan fingerprint density at radius 3 is 2.43 bits per heavy atom. The molecule has 8 heteroatoms. The molecule has 0 saturated heterocycles. The zero-order valence-corrected chi connectivity index (χ0v) is 16.9. The molecule has 0 aliphatic heterocycles. The average molecular weight is 408 g/mol. The van der Waals surface area contributed by atoms with Crippen LogP contribution in [0.25, 0.3) is 0 Å². The second-order valence-electron chi connectivity index (χ2n) is 6.52. The first-order chi connectivity index (χ1) is 14.5. The average Bonchev–Trinajstić information content (AvgIpc) is 3.22. The minimum atomic E-state index is -0.802. The first-order valence-electron chi connectivity index (χ1n) is 9.61. The van der Waals surface area contributed by atoms with Gasteiger partial charge in [0.25, 0.3) is 11.8 Å². The van der Waals surface area contributed by atoms with Crippen molar-refractivity contribution in [2.75, 3.05) is 6.61 Å². The SMILES string of the molecule is CCOc1ccc(OC(C)C(=O)NNC(=O)c2cnn(Cc3ccccc3)c2)cc1. The molecule has 8 nitrogen and oxygen atoms in total. The highest BCUT2D eigenvalue weighted by Gasteiger charge is 2.16. The molecule has 3 aromatic rings. The lowest BCUT2D eigenvalue weighted by atomic mass is 10.2. The van der Waals surface area contributed by atoms with Crippen molar-refractivity contribution in [2.45, 2.75) is 26.5 Å². The van der Waals surface area contributed by atoms with Crippen molar-refractivity contribution >= 4 is 11.8 Å². The number of carbonyl (C=O) groups is 2. The number of benzene rings is 2. The third-order valence-electron chi connectivity index (χ3n) is 4.20. The molecule has 0 radical (unpaired) electrons. The van der Waals surface area contributed by atoms with Crippen LogP contribution in [-0.2, 0) is 11.3 Å². The molecule has 156 valence electrons. The second-order valence-corrected chi connectivity index (χ2v) is 6.52. The van der Waals surface area contributed by atoms with Crippen molar-refractivity contribution in [3.05, 3.63) is 78.1 Å². The van der Waals surface area contributed by atoms with E-state index in [0.717, 1.165) is 11.3 Å². The first-order valence-corrected chi connectivity index (χ1v) is 9.61. The fourth-order valence-electron chi connectivity index (χ4n) is 2.67. The summed E-state index contributed by atoms with van der Waals surface area (Å²) in [6.07, 6.45) is 2.27. The zero-order valence-electron chi connectivity index (χ0n) is 16.9. The summed E-state index contributed by atoms with van der Waals surface area (Å²) in [6, 6.07) is 16.7. The van der Waals surface area contributed by atoms with E-state index in [1.807, 2.05) is 37.3 Å². The van der Waals surface area contributed by atoms with Crippen LogP contribution in [0.15, 0.2) is 67.0 Å². The predicted molar refractivity (Wildman–Crippen MR) is 111 cm³/mol. The van der Waals surface area contributed by atoms with E-state index in [1.165, 1.54) is 6.20 Å². The Morgan fingerprint density at radius 2 is 1.73 bits per heavy atom. The van der Waals surface area contributed by atoms with Crippen molar-refractivity contribution in [2.24, 2.45) is 0 Å². The van der Waals surface area contributed by atoms with Crippen LogP contribution in [0, 0.1) is 0 Å². The molecule has 0 saturated carbocycles. The molecule has 1 heterocycles. The standard InChI is InChI=1S/C22H24N4O4/c1-3-29-19-9-11-20(12-10-19)30-16(2)21(27)24-25-22(28)18-13-23-26(15-18)14-17-7-5-4-6-8-17/h4-13,15-16H,3,14H2,1-2H3,(H,24,27)(H,25,28). The van der Waals surface area contributed by atoms with Crippen molar-refractivity contribution in [3.8, 4) is 11.5 Å². The molecule has 30 heavy (non-hydrogen) atoms. The molecule has 1 aromatic heterocycles. The number of carbonyl (C=O) groups excluding carboxylic acids is 2. The summed E-state index contributed by atoms with van der Waals surface area (Å²) < 4.78 is 12.6. The predicted octanol–water partition coefficient (Wildman–Crippen LogP) is 2.56. The van der Waals surface area contributed by atoms with E-state index in [0.29, 0.717) is 24.5 Å². The minimum Gasteiger partial charge on any atom is -0.494 e. The summed E-state index contributed by atoms with van der Waals surface area (Å²) in [6.45, 7) is 4.62. The highest BCUT2D eigenvalue weighted by molar-refractivity contribution is 5.95. The maximum absolute atomic E-state index is 12.3. The lowest BCUT2D eigenvalue weighted by Crippen LogP contribution is -2.47. The third kappa shape index (κ3) is 5.84. The lowest BCUT2D eigenvalue weighted by Gasteiger charge is -2.15. The summed E-state index contributed by atoms with van der Waals surface area (Å²) in [4.78, 5) is 24.5. The van der Waals surface area contributed by atoms with E-state index in [4.69, 9.17) is 9.47 Å². The Morgan fingerprint density at radius 1 is 1.03 bits per heavy atom. The maximum atomic E-state index is 12.3. The second kappa shape index (κ2) is 10.1. The van der Waals surface area contributed by atoms with Gasteiger partial charge >= 0.3 is 0 Å². The van der Waals surface area contributed by atoms with Crippen molar-refractivity contribution in [1.82, 2.24) is 20.6 Å². The van der Waals surface area contributed by atoms with Crippen LogP contribution in [-0.4, -0.2) is 34.3 Å². The van der Waals surface area contributed by atoms with Gasteiger partial charge in [-0.05, 0) is 43.7 Å². The summed E-state index contributed by atoms with van der Waals surface area (Å²) >= 11 is 0. The largest absolute Gasteiger partial charge is 0.494 e. The van der Waals surface area contributed by atoms with E-state index >= 15 is 0 Å². The lowest BCUT2D eigenvalue weighted by molar-refractivity contribution is -0.128. The van der Waals surface area contributed by atoms with Gasteiger partial charge in [-0.2, -0.15) is 5.10 Å². The van der Waals surface area contributed by atoms with Crippen LogP contribution in [0.1, 0.15) is 29.8 Å². The van der Waals surface area contributed by atoms with Gasteiger partial charge in [0.2, 0.25) is 0 Å². The van der Waals surface area contributed by atoms with Gasteiger partial charge in [0.15, 0.2) is 6.10 Å². The van der Waals surface area contributed by atoms with Gasteiger partial charge in [0, 0.05) is 6.20 Å². The molecule has 2 aromatic carbocycles. The number of nitrogens with zero attached hydrogens (tertiary/aromatic N) is 2. The number of rotatable bonds is 8. The number of amides is 2. The molecule has 3 rings (SSSR count). The molecule has 1 atom stereocenters.